The second-order valence-electron chi connectivity index (χ2n) is 5.67. The van der Waals surface area contributed by atoms with Gasteiger partial charge in [-0.3, -0.25) is 4.79 Å². The van der Waals surface area contributed by atoms with Crippen molar-refractivity contribution in [1.82, 2.24) is 9.97 Å². The highest BCUT2D eigenvalue weighted by Gasteiger charge is 2.31. The zero-order valence-electron chi connectivity index (χ0n) is 14.1. The lowest BCUT2D eigenvalue weighted by Gasteiger charge is -2.11. The van der Waals surface area contributed by atoms with Crippen LogP contribution >= 0.6 is 34.7 Å². The van der Waals surface area contributed by atoms with E-state index in [1.54, 1.807) is 11.3 Å². The van der Waals surface area contributed by atoms with E-state index < -0.39 is 17.6 Å². The highest BCUT2D eigenvalue weighted by Crippen LogP contribution is 2.35. The molecule has 0 saturated carbocycles. The van der Waals surface area contributed by atoms with Crippen molar-refractivity contribution in [3.63, 3.8) is 0 Å². The van der Waals surface area contributed by atoms with Crippen LogP contribution in [0.4, 0.5) is 18.9 Å². The lowest BCUT2D eigenvalue weighted by atomic mass is 10.2. The molecular formula is C17H13ClF3N3OS2. The minimum Gasteiger partial charge on any atom is -0.324 e. The molecule has 3 rings (SSSR count). The number of aryl methyl sites for hydroxylation is 2. The summed E-state index contributed by atoms with van der Waals surface area (Å²) in [5.74, 6) is -0.495. The van der Waals surface area contributed by atoms with Gasteiger partial charge in [0.05, 0.1) is 22.0 Å². The fourth-order valence-electron chi connectivity index (χ4n) is 2.38. The molecule has 1 aromatic carbocycles. The molecule has 142 valence electrons. The number of halogens is 4. The number of amides is 1. The van der Waals surface area contributed by atoms with Gasteiger partial charge in [0, 0.05) is 10.3 Å². The van der Waals surface area contributed by atoms with Crippen LogP contribution in [-0.4, -0.2) is 21.6 Å². The molecule has 10 heteroatoms. The molecule has 0 unspecified atom stereocenters. The summed E-state index contributed by atoms with van der Waals surface area (Å²) in [6, 6.07) is 2.80. The van der Waals surface area contributed by atoms with Gasteiger partial charge in [0.2, 0.25) is 5.91 Å². The number of nitrogens with zero attached hydrogens (tertiary/aromatic N) is 2. The molecule has 0 spiro atoms. The number of rotatable bonds is 4. The number of benzene rings is 1. The van der Waals surface area contributed by atoms with E-state index in [0.717, 1.165) is 38.9 Å². The van der Waals surface area contributed by atoms with Gasteiger partial charge in [-0.1, -0.05) is 23.4 Å². The van der Waals surface area contributed by atoms with Crippen LogP contribution in [-0.2, 0) is 11.0 Å². The molecule has 0 saturated heterocycles. The fourth-order valence-corrected chi connectivity index (χ4v) is 4.46. The van der Waals surface area contributed by atoms with E-state index in [2.05, 4.69) is 15.3 Å². The average Bonchev–Trinajstić information content (AvgIpc) is 2.89. The number of thioether (sulfide) groups is 1. The van der Waals surface area contributed by atoms with Crippen LogP contribution in [0.25, 0.3) is 10.2 Å². The van der Waals surface area contributed by atoms with Gasteiger partial charge in [-0.2, -0.15) is 13.2 Å². The third-order valence-corrected chi connectivity index (χ3v) is 6.27. The number of hydrogen-bond donors (Lipinski definition) is 1. The first-order valence-corrected chi connectivity index (χ1v) is 9.85. The lowest BCUT2D eigenvalue weighted by molar-refractivity contribution is -0.137. The summed E-state index contributed by atoms with van der Waals surface area (Å²) in [4.78, 5) is 22.6. The monoisotopic (exact) mass is 431 g/mol. The summed E-state index contributed by atoms with van der Waals surface area (Å²) in [7, 11) is 0. The van der Waals surface area contributed by atoms with E-state index in [1.165, 1.54) is 18.1 Å². The first kappa shape index (κ1) is 19.9. The Labute approximate surface area is 166 Å². The molecule has 0 aliphatic carbocycles. The molecule has 3 aromatic rings. The fraction of sp³-hybridized carbons (Fsp3) is 0.235. The maximum Gasteiger partial charge on any atom is 0.416 e. The van der Waals surface area contributed by atoms with Gasteiger partial charge < -0.3 is 5.32 Å². The van der Waals surface area contributed by atoms with Crippen LogP contribution in [0.2, 0.25) is 5.02 Å². The molecule has 27 heavy (non-hydrogen) atoms. The predicted molar refractivity (Wildman–Crippen MR) is 103 cm³/mol. The first-order chi connectivity index (χ1) is 12.7. The molecule has 0 atom stereocenters. The quantitative estimate of drug-likeness (QED) is 0.424. The Bertz CT molecular complexity index is 1020. The van der Waals surface area contributed by atoms with E-state index in [9.17, 15) is 18.0 Å². The minimum atomic E-state index is -4.51. The van der Waals surface area contributed by atoms with Crippen LogP contribution < -0.4 is 5.32 Å². The summed E-state index contributed by atoms with van der Waals surface area (Å²) in [5, 5.41) is 4.02. The molecular weight excluding hydrogens is 419 g/mol. The van der Waals surface area contributed by atoms with Crippen LogP contribution in [0, 0.1) is 13.8 Å². The molecule has 2 aromatic heterocycles. The zero-order chi connectivity index (χ0) is 19.8. The zero-order valence-corrected chi connectivity index (χ0v) is 16.5. The van der Waals surface area contributed by atoms with Crippen molar-refractivity contribution in [2.24, 2.45) is 0 Å². The molecule has 4 nitrogen and oxygen atoms in total. The number of hydrogen-bond acceptors (Lipinski definition) is 5. The number of alkyl halides is 3. The molecule has 0 aliphatic rings. The molecule has 0 fully saturated rings. The number of aromatic nitrogens is 2. The lowest BCUT2D eigenvalue weighted by Crippen LogP contribution is -2.15. The SMILES string of the molecule is Cc1sc2ncnc(SCC(=O)Nc3cc(C(F)(F)F)ccc3Cl)c2c1C. The van der Waals surface area contributed by atoms with Gasteiger partial charge in [-0.05, 0) is 37.6 Å². The van der Waals surface area contributed by atoms with Crippen molar-refractivity contribution < 1.29 is 18.0 Å². The van der Waals surface area contributed by atoms with Crippen molar-refractivity contribution in [3.8, 4) is 0 Å². The maximum absolute atomic E-state index is 12.8. The molecule has 1 N–H and O–H groups in total. The van der Waals surface area contributed by atoms with E-state index >= 15 is 0 Å². The summed E-state index contributed by atoms with van der Waals surface area (Å²) in [6.45, 7) is 3.95. The number of carbonyl (C=O) groups is 1. The second-order valence-corrected chi connectivity index (χ2v) is 8.25. The summed E-state index contributed by atoms with van der Waals surface area (Å²) < 4.78 is 38.5. The van der Waals surface area contributed by atoms with Crippen LogP contribution in [0.15, 0.2) is 29.6 Å². The van der Waals surface area contributed by atoms with Crippen LogP contribution in [0.5, 0.6) is 0 Å². The summed E-state index contributed by atoms with van der Waals surface area (Å²) in [5.41, 5.74) is 0.101. The van der Waals surface area contributed by atoms with E-state index in [0.29, 0.717) is 5.03 Å². The van der Waals surface area contributed by atoms with Gasteiger partial charge in [0.1, 0.15) is 16.2 Å². The summed E-state index contributed by atoms with van der Waals surface area (Å²) >= 11 is 8.65. The van der Waals surface area contributed by atoms with E-state index in [4.69, 9.17) is 11.6 Å². The number of anilines is 1. The minimum absolute atomic E-state index is 0.0208. The average molecular weight is 432 g/mol. The van der Waals surface area contributed by atoms with Gasteiger partial charge >= 0.3 is 6.18 Å². The number of thiophene rings is 1. The number of carbonyl (C=O) groups excluding carboxylic acids is 1. The van der Waals surface area contributed by atoms with Crippen LogP contribution in [0.1, 0.15) is 16.0 Å². The number of nitrogens with one attached hydrogen (secondary N) is 1. The molecule has 1 amide bonds. The Morgan fingerprint density at radius 3 is 2.74 bits per heavy atom. The third-order valence-electron chi connectivity index (χ3n) is 3.84. The standard InChI is InChI=1S/C17H13ClF3N3OS2/c1-8-9(2)27-16-14(8)15(22-7-23-16)26-6-13(25)24-12-5-10(17(19,20)21)3-4-11(12)18/h3-5,7H,6H2,1-2H3,(H,24,25). The first-order valence-electron chi connectivity index (χ1n) is 7.67. The predicted octanol–water partition coefficient (Wildman–Crippen LogP) is 5.71. The van der Waals surface area contributed by atoms with E-state index in [-0.39, 0.29) is 16.5 Å². The largest absolute Gasteiger partial charge is 0.416 e. The van der Waals surface area contributed by atoms with E-state index in [1.807, 2.05) is 13.8 Å². The number of fused-ring (bicyclic) bond motifs is 1. The highest BCUT2D eigenvalue weighted by molar-refractivity contribution is 8.00. The van der Waals surface area contributed by atoms with Gasteiger partial charge in [0.15, 0.2) is 0 Å². The normalized spacial score (nSPS) is 11.8. The second kappa shape index (κ2) is 7.65. The molecule has 2 heterocycles. The maximum atomic E-state index is 12.8. The molecule has 0 radical (unpaired) electrons. The Balaban J connectivity index is 1.75. The van der Waals surface area contributed by atoms with Crippen LogP contribution in [0.3, 0.4) is 0 Å². The highest BCUT2D eigenvalue weighted by atomic mass is 35.5. The van der Waals surface area contributed by atoms with Gasteiger partial charge in [0.25, 0.3) is 0 Å². The van der Waals surface area contributed by atoms with Crippen molar-refractivity contribution in [2.45, 2.75) is 25.0 Å². The van der Waals surface area contributed by atoms with Crippen molar-refractivity contribution in [1.29, 1.82) is 0 Å². The third kappa shape index (κ3) is 4.36. The smallest absolute Gasteiger partial charge is 0.324 e. The van der Waals surface area contributed by atoms with Crippen molar-refractivity contribution >= 4 is 56.5 Å². The Kier molecular flexibility index (Phi) is 5.64. The Morgan fingerprint density at radius 2 is 2.04 bits per heavy atom. The Hall–Kier alpha value is -1.84. The van der Waals surface area contributed by atoms with Crippen molar-refractivity contribution in [3.05, 3.63) is 45.6 Å². The molecule has 0 aliphatic heterocycles. The Morgan fingerprint density at radius 1 is 1.30 bits per heavy atom. The molecule has 0 bridgehead atoms. The van der Waals surface area contributed by atoms with Gasteiger partial charge in [-0.25, -0.2) is 9.97 Å². The summed E-state index contributed by atoms with van der Waals surface area (Å²) in [6.07, 6.45) is -3.08. The van der Waals surface area contributed by atoms with Gasteiger partial charge in [-0.15, -0.1) is 11.3 Å². The van der Waals surface area contributed by atoms with Crippen molar-refractivity contribution in [2.75, 3.05) is 11.1 Å². The topological polar surface area (TPSA) is 54.9 Å².